The van der Waals surface area contributed by atoms with E-state index in [4.69, 9.17) is 10.3 Å². The maximum absolute atomic E-state index is 6.00. The lowest BCUT2D eigenvalue weighted by molar-refractivity contribution is 0.350. The van der Waals surface area contributed by atoms with Gasteiger partial charge in [-0.1, -0.05) is 34.9 Å². The summed E-state index contributed by atoms with van der Waals surface area (Å²) in [5.74, 6) is 2.44. The first-order chi connectivity index (χ1) is 9.54. The van der Waals surface area contributed by atoms with E-state index in [0.717, 1.165) is 4.47 Å². The van der Waals surface area contributed by atoms with E-state index >= 15 is 0 Å². The van der Waals surface area contributed by atoms with Gasteiger partial charge in [0.25, 0.3) is 0 Å². The number of nitrogens with two attached hydrogens (primary N) is 1. The number of halogens is 1. The number of benzene rings is 1. The Morgan fingerprint density at radius 1 is 1.30 bits per heavy atom. The Balaban J connectivity index is 1.88. The molecule has 108 valence electrons. The number of nitrogens with zero attached hydrogens (tertiary/aromatic N) is 2. The lowest BCUT2D eigenvalue weighted by Crippen LogP contribution is -2.28. The lowest BCUT2D eigenvalue weighted by Gasteiger charge is -2.11. The number of aromatic nitrogens is 2. The summed E-state index contributed by atoms with van der Waals surface area (Å²) >= 11 is 5.10. The Morgan fingerprint density at radius 2 is 2.00 bits per heavy atom. The van der Waals surface area contributed by atoms with Crippen molar-refractivity contribution in [1.29, 1.82) is 0 Å². The normalized spacial score (nSPS) is 12.8. The van der Waals surface area contributed by atoms with Crippen LogP contribution >= 0.6 is 27.7 Å². The molecule has 20 heavy (non-hydrogen) atoms. The van der Waals surface area contributed by atoms with Gasteiger partial charge in [-0.2, -0.15) is 4.98 Å². The van der Waals surface area contributed by atoms with Gasteiger partial charge < -0.3 is 10.3 Å². The second-order valence-corrected chi connectivity index (χ2v) is 6.92. The molecule has 0 spiro atoms. The second-order valence-electron chi connectivity index (χ2n) is 4.96. The predicted molar refractivity (Wildman–Crippen MR) is 84.5 cm³/mol. The molecule has 0 radical (unpaired) electrons. The molecule has 0 amide bonds. The highest BCUT2D eigenvalue weighted by Crippen LogP contribution is 2.23. The molecule has 0 saturated carbocycles. The zero-order chi connectivity index (χ0) is 14.5. The summed E-state index contributed by atoms with van der Waals surface area (Å²) in [6, 6.07) is 8.22. The van der Waals surface area contributed by atoms with E-state index in [1.807, 2.05) is 12.1 Å². The summed E-state index contributed by atoms with van der Waals surface area (Å²) in [4.78, 5) is 5.56. The molecule has 0 fully saturated rings. The highest BCUT2D eigenvalue weighted by molar-refractivity contribution is 9.10. The number of thioether (sulfide) groups is 1. The molecule has 2 rings (SSSR count). The van der Waals surface area contributed by atoms with Crippen molar-refractivity contribution in [2.75, 3.05) is 0 Å². The van der Waals surface area contributed by atoms with Crippen molar-refractivity contribution in [2.45, 2.75) is 37.0 Å². The molecule has 1 aromatic carbocycles. The molecule has 0 aliphatic rings. The van der Waals surface area contributed by atoms with E-state index < -0.39 is 0 Å². The van der Waals surface area contributed by atoms with Crippen LogP contribution in [0, 0.1) is 5.92 Å². The van der Waals surface area contributed by atoms with Crippen molar-refractivity contribution in [1.82, 2.24) is 10.1 Å². The summed E-state index contributed by atoms with van der Waals surface area (Å²) in [7, 11) is 0. The summed E-state index contributed by atoms with van der Waals surface area (Å²) in [6.45, 7) is 4.18. The van der Waals surface area contributed by atoms with Crippen LogP contribution in [0.15, 0.2) is 38.2 Å². The molecule has 6 heteroatoms. The lowest BCUT2D eigenvalue weighted by atomic mass is 10.0. The molecule has 1 heterocycles. The molecule has 0 aliphatic carbocycles. The van der Waals surface area contributed by atoms with Crippen molar-refractivity contribution in [2.24, 2.45) is 11.7 Å². The van der Waals surface area contributed by atoms with Gasteiger partial charge in [-0.15, -0.1) is 11.8 Å². The largest absolute Gasteiger partial charge is 0.339 e. The van der Waals surface area contributed by atoms with Crippen LogP contribution < -0.4 is 5.73 Å². The molecular formula is C14H18BrN3OS. The van der Waals surface area contributed by atoms with Crippen LogP contribution in [0.5, 0.6) is 0 Å². The maximum atomic E-state index is 6.00. The number of hydrogen-bond donors (Lipinski definition) is 1. The highest BCUT2D eigenvalue weighted by Gasteiger charge is 2.14. The molecule has 2 N–H and O–H groups in total. The second kappa shape index (κ2) is 7.24. The fraction of sp³-hybridized carbons (Fsp3) is 0.429. The summed E-state index contributed by atoms with van der Waals surface area (Å²) in [6.07, 6.45) is 0.633. The Labute approximate surface area is 131 Å². The van der Waals surface area contributed by atoms with Crippen LogP contribution in [0.2, 0.25) is 0 Å². The highest BCUT2D eigenvalue weighted by atomic mass is 79.9. The zero-order valence-corrected chi connectivity index (χ0v) is 13.9. The van der Waals surface area contributed by atoms with Crippen LogP contribution in [0.25, 0.3) is 0 Å². The zero-order valence-electron chi connectivity index (χ0n) is 11.5. The average molecular weight is 356 g/mol. The van der Waals surface area contributed by atoms with Crippen molar-refractivity contribution in [3.8, 4) is 0 Å². The number of hydrogen-bond acceptors (Lipinski definition) is 5. The first-order valence-electron chi connectivity index (χ1n) is 6.50. The van der Waals surface area contributed by atoms with Gasteiger partial charge in [0.15, 0.2) is 5.82 Å². The van der Waals surface area contributed by atoms with Gasteiger partial charge in [-0.25, -0.2) is 0 Å². The third kappa shape index (κ3) is 4.61. The molecule has 0 saturated heterocycles. The van der Waals surface area contributed by atoms with Gasteiger partial charge in [-0.05, 0) is 30.2 Å². The molecule has 2 aromatic rings. The van der Waals surface area contributed by atoms with Gasteiger partial charge >= 0.3 is 0 Å². The minimum absolute atomic E-state index is 0.0578. The van der Waals surface area contributed by atoms with Crippen molar-refractivity contribution in [3.05, 3.63) is 40.5 Å². The van der Waals surface area contributed by atoms with Crippen LogP contribution in [-0.4, -0.2) is 16.2 Å². The smallest absolute Gasteiger partial charge is 0.228 e. The quantitative estimate of drug-likeness (QED) is 0.801. The maximum Gasteiger partial charge on any atom is 0.228 e. The summed E-state index contributed by atoms with van der Waals surface area (Å²) < 4.78 is 6.31. The van der Waals surface area contributed by atoms with Crippen molar-refractivity contribution >= 4 is 27.7 Å². The fourth-order valence-electron chi connectivity index (χ4n) is 1.55. The Kier molecular flexibility index (Phi) is 5.63. The SMILES string of the molecule is CC(C)C(N)Cc1nc(CSc2ccc(Br)cc2)no1. The van der Waals surface area contributed by atoms with E-state index in [2.05, 4.69) is 52.1 Å². The average Bonchev–Trinajstić information content (AvgIpc) is 2.85. The monoisotopic (exact) mass is 355 g/mol. The Bertz CT molecular complexity index is 542. The minimum atomic E-state index is 0.0578. The molecule has 0 bridgehead atoms. The molecule has 4 nitrogen and oxygen atoms in total. The third-order valence-corrected chi connectivity index (χ3v) is 4.50. The third-order valence-electron chi connectivity index (χ3n) is 2.96. The summed E-state index contributed by atoms with van der Waals surface area (Å²) in [5.41, 5.74) is 6.00. The van der Waals surface area contributed by atoms with E-state index in [1.54, 1.807) is 11.8 Å². The fourth-order valence-corrected chi connectivity index (χ4v) is 2.55. The van der Waals surface area contributed by atoms with Gasteiger partial charge in [0.05, 0.1) is 5.75 Å². The molecule has 1 unspecified atom stereocenters. The van der Waals surface area contributed by atoms with E-state index in [-0.39, 0.29) is 6.04 Å². The first kappa shape index (κ1) is 15.5. The topological polar surface area (TPSA) is 64.9 Å². The van der Waals surface area contributed by atoms with E-state index in [1.165, 1.54) is 4.90 Å². The Hall–Kier alpha value is -0.850. The Morgan fingerprint density at radius 3 is 2.65 bits per heavy atom. The van der Waals surface area contributed by atoms with Gasteiger partial charge in [0, 0.05) is 21.8 Å². The first-order valence-corrected chi connectivity index (χ1v) is 8.28. The number of rotatable bonds is 6. The van der Waals surface area contributed by atoms with Crippen molar-refractivity contribution in [3.63, 3.8) is 0 Å². The van der Waals surface area contributed by atoms with Crippen molar-refractivity contribution < 1.29 is 4.52 Å². The predicted octanol–water partition coefficient (Wildman–Crippen LogP) is 3.65. The molecule has 0 aliphatic heterocycles. The molecule has 1 atom stereocenters. The van der Waals surface area contributed by atoms with Crippen LogP contribution in [0.1, 0.15) is 25.6 Å². The van der Waals surface area contributed by atoms with Crippen LogP contribution in [0.4, 0.5) is 0 Å². The van der Waals surface area contributed by atoms with E-state index in [0.29, 0.717) is 29.8 Å². The van der Waals surface area contributed by atoms with Gasteiger partial charge in [-0.3, -0.25) is 0 Å². The molecule has 1 aromatic heterocycles. The van der Waals surface area contributed by atoms with Gasteiger partial charge in [0.2, 0.25) is 5.89 Å². The van der Waals surface area contributed by atoms with E-state index in [9.17, 15) is 0 Å². The standard InChI is InChI=1S/C14H18BrN3OS/c1-9(2)12(16)7-14-17-13(18-19-14)8-20-11-5-3-10(15)4-6-11/h3-6,9,12H,7-8,16H2,1-2H3. The van der Waals surface area contributed by atoms with Crippen LogP contribution in [-0.2, 0) is 12.2 Å². The minimum Gasteiger partial charge on any atom is -0.339 e. The van der Waals surface area contributed by atoms with Gasteiger partial charge in [0.1, 0.15) is 0 Å². The summed E-state index contributed by atoms with van der Waals surface area (Å²) in [5, 5.41) is 3.99. The molecular weight excluding hydrogens is 338 g/mol. The van der Waals surface area contributed by atoms with Crippen LogP contribution in [0.3, 0.4) is 0 Å².